The van der Waals surface area contributed by atoms with Crippen LogP contribution in [-0.4, -0.2) is 44.8 Å². The van der Waals surface area contributed by atoms with E-state index in [0.29, 0.717) is 47.5 Å². The fourth-order valence-electron chi connectivity index (χ4n) is 4.79. The summed E-state index contributed by atoms with van der Waals surface area (Å²) in [6, 6.07) is 16.6. The molecule has 212 valence electrons. The van der Waals surface area contributed by atoms with Gasteiger partial charge in [-0.3, -0.25) is 9.59 Å². The number of carbonyl (C=O) groups is 2. The molecule has 0 bridgehead atoms. The Bertz CT molecular complexity index is 1510. The van der Waals surface area contributed by atoms with Gasteiger partial charge in [0.25, 0.3) is 0 Å². The molecule has 2 unspecified atom stereocenters. The Kier molecular flexibility index (Phi) is 8.80. The van der Waals surface area contributed by atoms with Crippen LogP contribution in [0.3, 0.4) is 0 Å². The number of carbonyl (C=O) groups excluding carboxylic acids is 2. The highest BCUT2D eigenvalue weighted by atomic mass is 35.5. The summed E-state index contributed by atoms with van der Waals surface area (Å²) < 4.78 is 21.1. The monoisotopic (exact) mass is 593 g/mol. The van der Waals surface area contributed by atoms with Crippen LogP contribution in [-0.2, 0) is 16.1 Å². The Morgan fingerprint density at radius 1 is 1.15 bits per heavy atom. The third kappa shape index (κ3) is 7.59. The van der Waals surface area contributed by atoms with Gasteiger partial charge in [0, 0.05) is 35.3 Å². The van der Waals surface area contributed by atoms with Gasteiger partial charge < -0.3 is 15.0 Å². The van der Waals surface area contributed by atoms with Crippen molar-refractivity contribution in [3.8, 4) is 11.5 Å². The predicted molar refractivity (Wildman–Crippen MR) is 157 cm³/mol. The maximum Gasteiger partial charge on any atom is 0.244 e. The lowest BCUT2D eigenvalue weighted by atomic mass is 9.78. The van der Waals surface area contributed by atoms with E-state index in [-0.39, 0.29) is 30.1 Å². The van der Waals surface area contributed by atoms with Gasteiger partial charge in [-0.2, -0.15) is 0 Å². The van der Waals surface area contributed by atoms with Crippen LogP contribution in [0, 0.1) is 17.2 Å². The van der Waals surface area contributed by atoms with E-state index in [1.54, 1.807) is 47.5 Å². The van der Waals surface area contributed by atoms with Crippen molar-refractivity contribution >= 4 is 46.5 Å². The van der Waals surface area contributed by atoms with Gasteiger partial charge in [-0.1, -0.05) is 29.8 Å². The fraction of sp³-hybridized carbons (Fsp3) is 0.267. The van der Waals surface area contributed by atoms with Crippen LogP contribution in [0.25, 0.3) is 6.08 Å². The average Bonchev–Trinajstić information content (AvgIpc) is 3.59. The summed E-state index contributed by atoms with van der Waals surface area (Å²) in [4.78, 5) is 29.6. The van der Waals surface area contributed by atoms with Gasteiger partial charge in [0.15, 0.2) is 0 Å². The van der Waals surface area contributed by atoms with Crippen molar-refractivity contribution in [1.82, 2.24) is 19.9 Å². The van der Waals surface area contributed by atoms with Gasteiger partial charge in [-0.25, -0.2) is 9.07 Å². The second kappa shape index (κ2) is 12.7. The summed E-state index contributed by atoms with van der Waals surface area (Å²) in [5.41, 5.74) is -0.0976. The molecule has 2 atom stereocenters. The van der Waals surface area contributed by atoms with Gasteiger partial charge in [-0.05, 0) is 85.5 Å². The zero-order valence-corrected chi connectivity index (χ0v) is 23.9. The fourth-order valence-corrected chi connectivity index (χ4v) is 5.77. The van der Waals surface area contributed by atoms with Crippen molar-refractivity contribution in [2.45, 2.75) is 26.3 Å². The Labute approximate surface area is 246 Å². The number of likely N-dealkylation sites (tertiary alicyclic amines) is 1. The molecule has 2 aromatic heterocycles. The summed E-state index contributed by atoms with van der Waals surface area (Å²) in [7, 11) is 0. The third-order valence-electron chi connectivity index (χ3n) is 7.06. The van der Waals surface area contributed by atoms with E-state index >= 15 is 0 Å². The molecule has 41 heavy (non-hydrogen) atoms. The number of nitrogens with zero attached hydrogens (tertiary/aromatic N) is 4. The van der Waals surface area contributed by atoms with Crippen molar-refractivity contribution in [2.75, 3.05) is 18.4 Å². The van der Waals surface area contributed by atoms with Crippen LogP contribution in [0.1, 0.15) is 24.6 Å². The molecule has 4 aromatic rings. The first kappa shape index (κ1) is 28.5. The Balaban J connectivity index is 1.29. The first-order valence-electron chi connectivity index (χ1n) is 13.2. The summed E-state index contributed by atoms with van der Waals surface area (Å²) in [5.74, 6) is 0.498. The number of amides is 2. The van der Waals surface area contributed by atoms with Gasteiger partial charge >= 0.3 is 0 Å². The molecule has 1 aliphatic rings. The molecule has 0 saturated carbocycles. The molecule has 3 heterocycles. The first-order chi connectivity index (χ1) is 19.8. The van der Waals surface area contributed by atoms with Crippen molar-refractivity contribution in [2.24, 2.45) is 11.3 Å². The molecule has 11 heteroatoms. The Hall–Kier alpha value is -4.02. The normalized spacial score (nSPS) is 19.2. The predicted octanol–water partition coefficient (Wildman–Crippen LogP) is 6.52. The quantitative estimate of drug-likeness (QED) is 0.251. The Morgan fingerprint density at radius 3 is 2.54 bits per heavy atom. The molecule has 1 N–H and O–H groups in total. The van der Waals surface area contributed by atoms with Gasteiger partial charge in [-0.15, -0.1) is 16.4 Å². The largest absolute Gasteiger partial charge is 0.457 e. The number of hydrogen-bond acceptors (Lipinski definition) is 6. The number of hydrogen-bond donors (Lipinski definition) is 1. The molecule has 2 amide bonds. The minimum Gasteiger partial charge on any atom is -0.457 e. The summed E-state index contributed by atoms with van der Waals surface area (Å²) >= 11 is 7.58. The minimum atomic E-state index is -0.729. The maximum atomic E-state index is 13.7. The van der Waals surface area contributed by atoms with E-state index in [4.69, 9.17) is 16.3 Å². The molecule has 2 aromatic carbocycles. The van der Waals surface area contributed by atoms with Crippen LogP contribution in [0.5, 0.6) is 11.5 Å². The molecule has 1 saturated heterocycles. The van der Waals surface area contributed by atoms with E-state index in [9.17, 15) is 14.0 Å². The summed E-state index contributed by atoms with van der Waals surface area (Å²) in [6.07, 6.45) is 8.33. The molecule has 0 spiro atoms. The van der Waals surface area contributed by atoms with Crippen molar-refractivity contribution < 1.29 is 18.7 Å². The number of rotatable bonds is 8. The molecule has 1 aliphatic heterocycles. The van der Waals surface area contributed by atoms with Gasteiger partial charge in [0.1, 0.15) is 23.9 Å². The molecule has 1 fully saturated rings. The second-order valence-corrected chi connectivity index (χ2v) is 12.0. The van der Waals surface area contributed by atoms with Crippen LogP contribution < -0.4 is 10.1 Å². The van der Waals surface area contributed by atoms with Crippen LogP contribution >= 0.6 is 22.9 Å². The van der Waals surface area contributed by atoms with Gasteiger partial charge in [0.05, 0.1) is 10.5 Å². The van der Waals surface area contributed by atoms with Gasteiger partial charge in [0.2, 0.25) is 11.8 Å². The smallest absolute Gasteiger partial charge is 0.244 e. The molecule has 5 rings (SSSR count). The van der Waals surface area contributed by atoms with E-state index in [1.807, 2.05) is 25.1 Å². The number of benzene rings is 2. The molecule has 0 aliphatic carbocycles. The van der Waals surface area contributed by atoms with E-state index < -0.39 is 5.41 Å². The van der Waals surface area contributed by atoms with Crippen molar-refractivity contribution in [3.05, 3.63) is 94.2 Å². The van der Waals surface area contributed by atoms with Crippen molar-refractivity contribution in [1.29, 1.82) is 0 Å². The number of aromatic nitrogens is 3. The lowest BCUT2D eigenvalue weighted by molar-refractivity contribution is -0.133. The summed E-state index contributed by atoms with van der Waals surface area (Å²) in [5, 5.41) is 10.7. The second-order valence-electron chi connectivity index (χ2n) is 10.3. The minimum absolute atomic E-state index is 0.0553. The zero-order chi connectivity index (χ0) is 28.8. The zero-order valence-electron chi connectivity index (χ0n) is 22.4. The van der Waals surface area contributed by atoms with E-state index in [1.165, 1.54) is 34.3 Å². The number of ether oxygens (including phenoxy) is 1. The lowest BCUT2D eigenvalue weighted by Gasteiger charge is -2.28. The molecule has 0 radical (unpaired) electrons. The van der Waals surface area contributed by atoms with Crippen LogP contribution in [0.2, 0.25) is 4.34 Å². The molecular weight excluding hydrogens is 565 g/mol. The average molecular weight is 594 g/mol. The van der Waals surface area contributed by atoms with Crippen molar-refractivity contribution in [3.63, 3.8) is 0 Å². The first-order valence-corrected chi connectivity index (χ1v) is 14.4. The SMILES string of the molecule is CC1(C(=O)Nc2ccc(Oc3ccc(F)cc3)cc2)CCN(C(=O)Cn2ccnn2)CC(/C=C/c2ccc(Cl)s2)C1. The molecule has 8 nitrogen and oxygen atoms in total. The number of nitrogens with one attached hydrogen (secondary N) is 1. The molecular formula is C30H29ClFN5O3S. The Morgan fingerprint density at radius 2 is 1.88 bits per heavy atom. The van der Waals surface area contributed by atoms with Crippen LogP contribution in [0.4, 0.5) is 10.1 Å². The maximum absolute atomic E-state index is 13.7. The third-order valence-corrected chi connectivity index (χ3v) is 8.26. The van der Waals surface area contributed by atoms with E-state index in [2.05, 4.69) is 21.7 Å². The summed E-state index contributed by atoms with van der Waals surface area (Å²) in [6.45, 7) is 2.97. The highest BCUT2D eigenvalue weighted by Crippen LogP contribution is 2.37. The van der Waals surface area contributed by atoms with Crippen LogP contribution in [0.15, 0.2) is 79.1 Å². The topological polar surface area (TPSA) is 89.4 Å². The highest BCUT2D eigenvalue weighted by molar-refractivity contribution is 7.17. The van der Waals surface area contributed by atoms with E-state index in [0.717, 1.165) is 4.88 Å². The standard InChI is InChI=1S/C30H29ClFN5O3S/c1-30(29(39)34-23-5-9-25(10-6-23)40-24-7-3-22(32)4-8-24)14-16-36(28(38)20-37-17-15-33-35-37)19-21(18-30)2-11-26-12-13-27(31)41-26/h2-13,15,17,21H,14,16,18-20H2,1H3,(H,34,39)/b11-2+. The number of halogens is 2. The number of anilines is 1. The number of thiophene rings is 1. The lowest BCUT2D eigenvalue weighted by Crippen LogP contribution is -2.37. The highest BCUT2D eigenvalue weighted by Gasteiger charge is 2.39.